The molecule has 0 spiro atoms. The van der Waals surface area contributed by atoms with Crippen LogP contribution in [0.25, 0.3) is 0 Å². The van der Waals surface area contributed by atoms with Crippen molar-refractivity contribution in [1.29, 1.82) is 0 Å². The maximum Gasteiger partial charge on any atom is 0.121 e. The second-order valence-electron chi connectivity index (χ2n) is 4.11. The molecule has 1 aromatic heterocycles. The molecule has 2 atom stereocenters. The molecule has 0 bridgehead atoms. The average Bonchev–Trinajstić information content (AvgIpc) is 2.85. The van der Waals surface area contributed by atoms with Gasteiger partial charge in [0.1, 0.15) is 11.5 Å². The van der Waals surface area contributed by atoms with Crippen molar-refractivity contribution in [2.24, 2.45) is 5.92 Å². The van der Waals surface area contributed by atoms with Crippen molar-refractivity contribution < 1.29 is 9.15 Å². The fourth-order valence-electron chi connectivity index (χ4n) is 2.16. The third-order valence-corrected chi connectivity index (χ3v) is 2.93. The standard InChI is InChI=1S/C12H19NO2/c1-3-13-12(10-6-7-14-8-10)11-5-4-9(2)15-11/h4-5,10,12-13H,3,6-8H2,1-2H3. The van der Waals surface area contributed by atoms with Crippen molar-refractivity contribution >= 4 is 0 Å². The van der Waals surface area contributed by atoms with Crippen LogP contribution in [-0.4, -0.2) is 19.8 Å². The van der Waals surface area contributed by atoms with Crippen LogP contribution in [0.2, 0.25) is 0 Å². The van der Waals surface area contributed by atoms with E-state index in [1.54, 1.807) is 0 Å². The molecular formula is C12H19NO2. The van der Waals surface area contributed by atoms with Crippen LogP contribution in [0.3, 0.4) is 0 Å². The largest absolute Gasteiger partial charge is 0.465 e. The fourth-order valence-corrected chi connectivity index (χ4v) is 2.16. The molecule has 1 aliphatic heterocycles. The molecule has 0 amide bonds. The Hall–Kier alpha value is -0.800. The first kappa shape index (κ1) is 10.7. The van der Waals surface area contributed by atoms with Gasteiger partial charge in [0.05, 0.1) is 12.6 Å². The first-order chi connectivity index (χ1) is 7.31. The van der Waals surface area contributed by atoms with Gasteiger partial charge in [-0.05, 0) is 32.0 Å². The maximum atomic E-state index is 5.69. The van der Waals surface area contributed by atoms with E-state index < -0.39 is 0 Å². The Morgan fingerprint density at radius 3 is 2.93 bits per heavy atom. The Kier molecular flexibility index (Phi) is 3.44. The monoisotopic (exact) mass is 209 g/mol. The highest BCUT2D eigenvalue weighted by molar-refractivity contribution is 5.11. The van der Waals surface area contributed by atoms with Crippen LogP contribution >= 0.6 is 0 Å². The molecule has 2 unspecified atom stereocenters. The van der Waals surface area contributed by atoms with Gasteiger partial charge in [-0.15, -0.1) is 0 Å². The summed E-state index contributed by atoms with van der Waals surface area (Å²) in [6, 6.07) is 4.41. The third-order valence-electron chi connectivity index (χ3n) is 2.93. The summed E-state index contributed by atoms with van der Waals surface area (Å²) < 4.78 is 11.1. The van der Waals surface area contributed by atoms with Crippen molar-refractivity contribution in [2.75, 3.05) is 19.8 Å². The van der Waals surface area contributed by atoms with E-state index in [4.69, 9.17) is 9.15 Å². The van der Waals surface area contributed by atoms with Crippen LogP contribution in [0.1, 0.15) is 30.9 Å². The summed E-state index contributed by atoms with van der Waals surface area (Å²) in [5, 5.41) is 3.48. The highest BCUT2D eigenvalue weighted by atomic mass is 16.5. The summed E-state index contributed by atoms with van der Waals surface area (Å²) >= 11 is 0. The summed E-state index contributed by atoms with van der Waals surface area (Å²) in [5.41, 5.74) is 0. The molecule has 2 heterocycles. The van der Waals surface area contributed by atoms with Crippen molar-refractivity contribution in [3.05, 3.63) is 23.7 Å². The van der Waals surface area contributed by atoms with Gasteiger partial charge in [-0.3, -0.25) is 0 Å². The van der Waals surface area contributed by atoms with Crippen molar-refractivity contribution in [1.82, 2.24) is 5.32 Å². The molecule has 3 heteroatoms. The normalized spacial score (nSPS) is 23.2. The Labute approximate surface area is 90.8 Å². The van der Waals surface area contributed by atoms with Crippen molar-refractivity contribution in [3.8, 4) is 0 Å². The SMILES string of the molecule is CCNC(c1ccc(C)o1)C1CCOC1. The molecular weight excluding hydrogens is 190 g/mol. The summed E-state index contributed by atoms with van der Waals surface area (Å²) in [5.74, 6) is 2.58. The van der Waals surface area contributed by atoms with Gasteiger partial charge in [-0.25, -0.2) is 0 Å². The molecule has 1 aliphatic rings. The maximum absolute atomic E-state index is 5.69. The first-order valence-corrected chi connectivity index (χ1v) is 5.68. The number of hydrogen-bond donors (Lipinski definition) is 1. The number of ether oxygens (including phenoxy) is 1. The van der Waals surface area contributed by atoms with Gasteiger partial charge >= 0.3 is 0 Å². The molecule has 0 aliphatic carbocycles. The number of hydrogen-bond acceptors (Lipinski definition) is 3. The summed E-state index contributed by atoms with van der Waals surface area (Å²) in [4.78, 5) is 0. The van der Waals surface area contributed by atoms with Crippen LogP contribution in [0.5, 0.6) is 0 Å². The second kappa shape index (κ2) is 4.81. The second-order valence-corrected chi connectivity index (χ2v) is 4.11. The molecule has 0 radical (unpaired) electrons. The minimum atomic E-state index is 0.311. The van der Waals surface area contributed by atoms with Crippen LogP contribution in [-0.2, 0) is 4.74 Å². The van der Waals surface area contributed by atoms with Gasteiger partial charge in [0, 0.05) is 12.5 Å². The lowest BCUT2D eigenvalue weighted by molar-refractivity contribution is 0.173. The van der Waals surface area contributed by atoms with Crippen LogP contribution in [0, 0.1) is 12.8 Å². The fraction of sp³-hybridized carbons (Fsp3) is 0.667. The van der Waals surface area contributed by atoms with E-state index in [2.05, 4.69) is 18.3 Å². The number of nitrogens with one attached hydrogen (secondary N) is 1. The lowest BCUT2D eigenvalue weighted by atomic mass is 9.97. The smallest absolute Gasteiger partial charge is 0.121 e. The highest BCUT2D eigenvalue weighted by Crippen LogP contribution is 2.29. The van der Waals surface area contributed by atoms with E-state index in [-0.39, 0.29) is 0 Å². The Balaban J connectivity index is 2.11. The van der Waals surface area contributed by atoms with Crippen LogP contribution < -0.4 is 5.32 Å². The molecule has 2 rings (SSSR count). The average molecular weight is 209 g/mol. The Morgan fingerprint density at radius 1 is 1.53 bits per heavy atom. The van der Waals surface area contributed by atoms with E-state index in [0.717, 1.165) is 37.7 Å². The van der Waals surface area contributed by atoms with Crippen molar-refractivity contribution in [3.63, 3.8) is 0 Å². The summed E-state index contributed by atoms with van der Waals surface area (Å²) in [7, 11) is 0. The highest BCUT2D eigenvalue weighted by Gasteiger charge is 2.28. The van der Waals surface area contributed by atoms with Gasteiger partial charge in [0.15, 0.2) is 0 Å². The van der Waals surface area contributed by atoms with Crippen LogP contribution in [0.4, 0.5) is 0 Å². The van der Waals surface area contributed by atoms with E-state index in [1.807, 2.05) is 13.0 Å². The van der Waals surface area contributed by atoms with E-state index in [9.17, 15) is 0 Å². The third kappa shape index (κ3) is 2.41. The summed E-state index contributed by atoms with van der Waals surface area (Å²) in [6.07, 6.45) is 1.12. The molecule has 3 nitrogen and oxygen atoms in total. The molecule has 1 saturated heterocycles. The topological polar surface area (TPSA) is 34.4 Å². The zero-order valence-corrected chi connectivity index (χ0v) is 9.45. The Bertz CT molecular complexity index is 302. The predicted octanol–water partition coefficient (Wildman–Crippen LogP) is 2.28. The zero-order valence-electron chi connectivity index (χ0n) is 9.45. The van der Waals surface area contributed by atoms with Gasteiger partial charge in [0.2, 0.25) is 0 Å². The minimum absolute atomic E-state index is 0.311. The van der Waals surface area contributed by atoms with Gasteiger partial charge in [0.25, 0.3) is 0 Å². The quantitative estimate of drug-likeness (QED) is 0.826. The molecule has 1 aromatic rings. The molecule has 15 heavy (non-hydrogen) atoms. The number of aryl methyl sites for hydroxylation is 1. The molecule has 0 saturated carbocycles. The Morgan fingerprint density at radius 2 is 2.40 bits per heavy atom. The van der Waals surface area contributed by atoms with Crippen molar-refractivity contribution in [2.45, 2.75) is 26.3 Å². The van der Waals surface area contributed by atoms with Crippen LogP contribution in [0.15, 0.2) is 16.5 Å². The van der Waals surface area contributed by atoms with Gasteiger partial charge < -0.3 is 14.5 Å². The lowest BCUT2D eigenvalue weighted by Gasteiger charge is -2.20. The first-order valence-electron chi connectivity index (χ1n) is 5.68. The van der Waals surface area contributed by atoms with Gasteiger partial charge in [-0.2, -0.15) is 0 Å². The minimum Gasteiger partial charge on any atom is -0.465 e. The number of rotatable bonds is 4. The van der Waals surface area contributed by atoms with E-state index >= 15 is 0 Å². The molecule has 1 fully saturated rings. The van der Waals surface area contributed by atoms with E-state index in [0.29, 0.717) is 12.0 Å². The predicted molar refractivity (Wildman–Crippen MR) is 58.8 cm³/mol. The molecule has 84 valence electrons. The number of furan rings is 1. The molecule has 0 aromatic carbocycles. The van der Waals surface area contributed by atoms with Gasteiger partial charge in [-0.1, -0.05) is 6.92 Å². The molecule has 1 N–H and O–H groups in total. The summed E-state index contributed by atoms with van der Waals surface area (Å²) in [6.45, 7) is 6.79. The van der Waals surface area contributed by atoms with E-state index in [1.165, 1.54) is 0 Å². The zero-order chi connectivity index (χ0) is 10.7. The lowest BCUT2D eigenvalue weighted by Crippen LogP contribution is -2.28.